The Morgan fingerprint density at radius 1 is 0.927 bits per heavy atom. The van der Waals surface area contributed by atoms with E-state index in [9.17, 15) is 19.2 Å². The number of nitrogens with one attached hydrogen (secondary N) is 1. The van der Waals surface area contributed by atoms with Gasteiger partial charge in [0.15, 0.2) is 0 Å². The highest BCUT2D eigenvalue weighted by Crippen LogP contribution is 2.21. The molecule has 1 heterocycles. The molecule has 2 aromatic carbocycles. The van der Waals surface area contributed by atoms with E-state index in [4.69, 9.17) is 14.6 Å². The van der Waals surface area contributed by atoms with Gasteiger partial charge in [-0.15, -0.1) is 0 Å². The molecule has 9 heteroatoms. The van der Waals surface area contributed by atoms with Crippen molar-refractivity contribution in [3.05, 3.63) is 95.1 Å². The van der Waals surface area contributed by atoms with Gasteiger partial charge in [0.1, 0.15) is 13.2 Å². The Hall–Kier alpha value is -4.40. The number of carboxylic acid groups (broad SMARTS) is 1. The molecular formula is C32H40N2O7. The summed E-state index contributed by atoms with van der Waals surface area (Å²) in [5.41, 5.74) is 3.98. The van der Waals surface area contributed by atoms with E-state index in [1.807, 2.05) is 101 Å². The molecule has 0 bridgehead atoms. The zero-order valence-electron chi connectivity index (χ0n) is 24.2. The number of ether oxygens (including phenoxy) is 2. The molecule has 0 aliphatic carbocycles. The zero-order valence-corrected chi connectivity index (χ0v) is 24.2. The van der Waals surface area contributed by atoms with Gasteiger partial charge in [0.05, 0.1) is 6.42 Å². The van der Waals surface area contributed by atoms with E-state index in [-0.39, 0.29) is 43.9 Å². The number of benzene rings is 2. The van der Waals surface area contributed by atoms with E-state index in [2.05, 4.69) is 5.32 Å². The average Bonchev–Trinajstić information content (AvgIpc) is 3.29. The fourth-order valence-corrected chi connectivity index (χ4v) is 4.17. The Balaban J connectivity index is 0.000000287. The third-order valence-electron chi connectivity index (χ3n) is 5.88. The number of carbonyl (C=O) groups is 4. The van der Waals surface area contributed by atoms with Crippen molar-refractivity contribution in [1.29, 1.82) is 0 Å². The summed E-state index contributed by atoms with van der Waals surface area (Å²) in [7, 11) is 0. The number of rotatable bonds is 10. The molecule has 2 aromatic rings. The summed E-state index contributed by atoms with van der Waals surface area (Å²) in [6, 6.07) is 18.8. The fraction of sp³-hybridized carbons (Fsp3) is 0.375. The molecule has 1 aliphatic heterocycles. The highest BCUT2D eigenvalue weighted by molar-refractivity contribution is 5.93. The molecule has 2 atom stereocenters. The first kappa shape index (κ1) is 32.8. The van der Waals surface area contributed by atoms with Crippen molar-refractivity contribution in [2.24, 2.45) is 11.8 Å². The molecule has 1 aliphatic rings. The number of nitrogens with zero attached hydrogens (tertiary/aromatic N) is 1. The van der Waals surface area contributed by atoms with Crippen LogP contribution in [0.1, 0.15) is 51.7 Å². The lowest BCUT2D eigenvalue weighted by Crippen LogP contribution is -2.32. The predicted molar refractivity (Wildman–Crippen MR) is 156 cm³/mol. The maximum atomic E-state index is 11.9. The number of hydrogen-bond acceptors (Lipinski definition) is 6. The first-order chi connectivity index (χ1) is 19.5. The first-order valence-corrected chi connectivity index (χ1v) is 13.5. The number of aliphatic carboxylic acids is 1. The summed E-state index contributed by atoms with van der Waals surface area (Å²) in [5.74, 6) is -1.18. The number of carboxylic acids is 1. The van der Waals surface area contributed by atoms with Gasteiger partial charge < -0.3 is 19.9 Å². The standard InChI is InChI=1S/C16H21NO4.C16H19NO3/c1-12(2)8-14(9-15(18)19)10-17-16(20)21-11-13-6-4-3-5-7-13;1-12(2)8-14-9-15(18)17(10-14)16(19)20-11-13-6-4-3-5-7-13/h3-8,14H,9-11H2,1-2H3,(H,17,20)(H,18,19);3-8,14H,9-11H2,1-2H3/t2*14-/m00/s1. The van der Waals surface area contributed by atoms with Crippen LogP contribution in [-0.4, -0.2) is 47.2 Å². The molecule has 0 aromatic heterocycles. The summed E-state index contributed by atoms with van der Waals surface area (Å²) >= 11 is 0. The Kier molecular flexibility index (Phi) is 13.9. The topological polar surface area (TPSA) is 122 Å². The van der Waals surface area contributed by atoms with Crippen LogP contribution in [-0.2, 0) is 32.3 Å². The summed E-state index contributed by atoms with van der Waals surface area (Å²) in [6.45, 7) is 8.80. The van der Waals surface area contributed by atoms with E-state index in [1.165, 1.54) is 4.90 Å². The van der Waals surface area contributed by atoms with Crippen LogP contribution in [0.5, 0.6) is 0 Å². The Morgan fingerprint density at radius 3 is 2.00 bits per heavy atom. The highest BCUT2D eigenvalue weighted by Gasteiger charge is 2.33. The minimum absolute atomic E-state index is 0.0237. The average molecular weight is 565 g/mol. The quantitative estimate of drug-likeness (QED) is 0.334. The van der Waals surface area contributed by atoms with Crippen LogP contribution < -0.4 is 5.32 Å². The second-order valence-electron chi connectivity index (χ2n) is 10.3. The van der Waals surface area contributed by atoms with Crippen LogP contribution in [0.4, 0.5) is 9.59 Å². The molecular weight excluding hydrogens is 524 g/mol. The van der Waals surface area contributed by atoms with Crippen molar-refractivity contribution in [3.8, 4) is 0 Å². The number of imide groups is 1. The molecule has 1 saturated heterocycles. The van der Waals surface area contributed by atoms with Crippen molar-refractivity contribution in [3.63, 3.8) is 0 Å². The number of allylic oxidation sites excluding steroid dienone is 2. The van der Waals surface area contributed by atoms with Gasteiger partial charge >= 0.3 is 18.2 Å². The van der Waals surface area contributed by atoms with Crippen molar-refractivity contribution in [2.75, 3.05) is 13.1 Å². The van der Waals surface area contributed by atoms with Crippen LogP contribution in [0.3, 0.4) is 0 Å². The molecule has 1 fully saturated rings. The summed E-state index contributed by atoms with van der Waals surface area (Å²) in [5, 5.41) is 11.4. The second kappa shape index (κ2) is 17.3. The van der Waals surface area contributed by atoms with E-state index >= 15 is 0 Å². The lowest BCUT2D eigenvalue weighted by Gasteiger charge is -2.14. The second-order valence-corrected chi connectivity index (χ2v) is 10.3. The van der Waals surface area contributed by atoms with Gasteiger partial charge in [-0.05, 0) is 38.8 Å². The van der Waals surface area contributed by atoms with Gasteiger partial charge in [-0.3, -0.25) is 9.59 Å². The number of hydrogen-bond donors (Lipinski definition) is 2. The molecule has 0 radical (unpaired) electrons. The molecule has 3 amide bonds. The predicted octanol–water partition coefficient (Wildman–Crippen LogP) is 6.11. The largest absolute Gasteiger partial charge is 0.481 e. The third-order valence-corrected chi connectivity index (χ3v) is 5.88. The van der Waals surface area contributed by atoms with Gasteiger partial charge in [-0.1, -0.05) is 84.0 Å². The van der Waals surface area contributed by atoms with Crippen LogP contribution >= 0.6 is 0 Å². The molecule has 2 N–H and O–H groups in total. The molecule has 3 rings (SSSR count). The minimum Gasteiger partial charge on any atom is -0.481 e. The summed E-state index contributed by atoms with van der Waals surface area (Å²) in [4.78, 5) is 47.3. The lowest BCUT2D eigenvalue weighted by molar-refractivity contribution is -0.137. The molecule has 220 valence electrons. The highest BCUT2D eigenvalue weighted by atomic mass is 16.6. The van der Waals surface area contributed by atoms with Crippen LogP contribution in [0.15, 0.2) is 84.0 Å². The number of alkyl carbamates (subject to hydrolysis) is 1. The van der Waals surface area contributed by atoms with Crippen molar-refractivity contribution in [1.82, 2.24) is 10.2 Å². The van der Waals surface area contributed by atoms with Crippen LogP contribution in [0, 0.1) is 11.8 Å². The number of amides is 3. The van der Waals surface area contributed by atoms with Gasteiger partial charge in [-0.2, -0.15) is 0 Å². The van der Waals surface area contributed by atoms with E-state index in [0.717, 1.165) is 22.3 Å². The Labute approximate surface area is 241 Å². The molecule has 41 heavy (non-hydrogen) atoms. The Morgan fingerprint density at radius 2 is 1.49 bits per heavy atom. The van der Waals surface area contributed by atoms with Crippen molar-refractivity contribution < 1.29 is 33.8 Å². The van der Waals surface area contributed by atoms with Gasteiger partial charge in [0.2, 0.25) is 5.91 Å². The van der Waals surface area contributed by atoms with Crippen molar-refractivity contribution >= 4 is 24.1 Å². The summed E-state index contributed by atoms with van der Waals surface area (Å²) < 4.78 is 10.3. The maximum Gasteiger partial charge on any atom is 0.416 e. The first-order valence-electron chi connectivity index (χ1n) is 13.5. The number of carbonyl (C=O) groups excluding carboxylic acids is 3. The van der Waals surface area contributed by atoms with Gasteiger partial charge in [-0.25, -0.2) is 14.5 Å². The van der Waals surface area contributed by atoms with Gasteiger partial charge in [0.25, 0.3) is 0 Å². The van der Waals surface area contributed by atoms with Crippen LogP contribution in [0.2, 0.25) is 0 Å². The van der Waals surface area contributed by atoms with Crippen LogP contribution in [0.25, 0.3) is 0 Å². The zero-order chi connectivity index (χ0) is 30.2. The van der Waals surface area contributed by atoms with E-state index in [0.29, 0.717) is 13.0 Å². The maximum absolute atomic E-state index is 11.9. The summed E-state index contributed by atoms with van der Waals surface area (Å²) in [6.07, 6.45) is 3.13. The third kappa shape index (κ3) is 13.5. The minimum atomic E-state index is -0.892. The number of likely N-dealkylation sites (tertiary alicyclic amines) is 1. The monoisotopic (exact) mass is 564 g/mol. The normalized spacial score (nSPS) is 14.6. The SMILES string of the molecule is CC(C)=C[C@H](CNC(=O)OCc1ccccc1)CC(=O)O.CC(C)=C[C@H]1CC(=O)N(C(=O)OCc2ccccc2)C1. The molecule has 9 nitrogen and oxygen atoms in total. The van der Waals surface area contributed by atoms with E-state index < -0.39 is 18.2 Å². The van der Waals surface area contributed by atoms with E-state index in [1.54, 1.807) is 0 Å². The Bertz CT molecular complexity index is 1200. The lowest BCUT2D eigenvalue weighted by atomic mass is 10.0. The molecule has 0 unspecified atom stereocenters. The fourth-order valence-electron chi connectivity index (χ4n) is 4.17. The van der Waals surface area contributed by atoms with Crippen molar-refractivity contribution in [2.45, 2.75) is 53.8 Å². The molecule has 0 spiro atoms. The molecule has 0 saturated carbocycles. The van der Waals surface area contributed by atoms with Gasteiger partial charge in [0, 0.05) is 31.3 Å². The smallest absolute Gasteiger partial charge is 0.416 e.